The average Bonchev–Trinajstić information content (AvgIpc) is 2.30. The molecule has 0 heterocycles. The van der Waals surface area contributed by atoms with Crippen molar-refractivity contribution in [1.29, 1.82) is 0 Å². The molecular weight excluding hydrogens is 305 g/mol. The van der Waals surface area contributed by atoms with Crippen molar-refractivity contribution >= 4 is 15.9 Å². The van der Waals surface area contributed by atoms with Gasteiger partial charge in [-0.05, 0) is 64.8 Å². The second-order valence-electron chi connectivity index (χ2n) is 6.27. The summed E-state index contributed by atoms with van der Waals surface area (Å²) < 4.78 is 13.7. The van der Waals surface area contributed by atoms with Crippen LogP contribution in [0.2, 0.25) is 0 Å². The molecule has 1 N–H and O–H groups in total. The van der Waals surface area contributed by atoms with E-state index >= 15 is 0 Å². The van der Waals surface area contributed by atoms with E-state index in [4.69, 9.17) is 0 Å². The number of rotatable bonds is 7. The molecule has 3 heteroatoms. The molecule has 0 aliphatic rings. The van der Waals surface area contributed by atoms with Crippen LogP contribution >= 0.6 is 15.9 Å². The molecule has 0 aromatic heterocycles. The Balaban J connectivity index is 2.43. The van der Waals surface area contributed by atoms with Crippen LogP contribution in [0.1, 0.15) is 46.1 Å². The van der Waals surface area contributed by atoms with Crippen molar-refractivity contribution in [2.24, 2.45) is 5.41 Å². The van der Waals surface area contributed by atoms with Crippen LogP contribution in [0.4, 0.5) is 4.39 Å². The molecule has 0 atom stereocenters. The number of aryl methyl sites for hydroxylation is 1. The SMILES string of the molecule is CC(C)NCCC(C)(C)CCc1ccc(F)c(Br)c1. The van der Waals surface area contributed by atoms with Gasteiger partial charge in [-0.3, -0.25) is 0 Å². The predicted molar refractivity (Wildman–Crippen MR) is 84.0 cm³/mol. The lowest BCUT2D eigenvalue weighted by atomic mass is 9.83. The minimum absolute atomic E-state index is 0.191. The molecule has 1 aromatic carbocycles. The molecule has 0 spiro atoms. The third-order valence-electron chi connectivity index (χ3n) is 3.43. The second kappa shape index (κ2) is 7.39. The molecule has 108 valence electrons. The average molecular weight is 330 g/mol. The Labute approximate surface area is 125 Å². The van der Waals surface area contributed by atoms with Crippen LogP contribution in [0.3, 0.4) is 0 Å². The zero-order valence-electron chi connectivity index (χ0n) is 12.4. The highest BCUT2D eigenvalue weighted by molar-refractivity contribution is 9.10. The maximum absolute atomic E-state index is 13.2. The van der Waals surface area contributed by atoms with Gasteiger partial charge in [0.1, 0.15) is 5.82 Å². The highest BCUT2D eigenvalue weighted by Gasteiger charge is 2.17. The number of hydrogen-bond donors (Lipinski definition) is 1. The monoisotopic (exact) mass is 329 g/mol. The van der Waals surface area contributed by atoms with E-state index in [0.717, 1.165) is 25.8 Å². The lowest BCUT2D eigenvalue weighted by Gasteiger charge is -2.25. The van der Waals surface area contributed by atoms with Crippen molar-refractivity contribution in [1.82, 2.24) is 5.32 Å². The first-order valence-electron chi connectivity index (χ1n) is 6.97. The van der Waals surface area contributed by atoms with Crippen LogP contribution in [0, 0.1) is 11.2 Å². The fourth-order valence-electron chi connectivity index (χ4n) is 2.00. The van der Waals surface area contributed by atoms with E-state index in [1.807, 2.05) is 12.1 Å². The molecule has 0 saturated carbocycles. The highest BCUT2D eigenvalue weighted by atomic mass is 79.9. The van der Waals surface area contributed by atoms with Crippen molar-refractivity contribution in [3.63, 3.8) is 0 Å². The van der Waals surface area contributed by atoms with Crippen LogP contribution in [0.15, 0.2) is 22.7 Å². The highest BCUT2D eigenvalue weighted by Crippen LogP contribution is 2.27. The van der Waals surface area contributed by atoms with Crippen molar-refractivity contribution in [3.05, 3.63) is 34.1 Å². The Morgan fingerprint density at radius 2 is 1.95 bits per heavy atom. The topological polar surface area (TPSA) is 12.0 Å². The molecule has 0 radical (unpaired) electrons. The van der Waals surface area contributed by atoms with E-state index in [0.29, 0.717) is 15.9 Å². The van der Waals surface area contributed by atoms with Crippen molar-refractivity contribution in [2.75, 3.05) is 6.54 Å². The summed E-state index contributed by atoms with van der Waals surface area (Å²) in [6, 6.07) is 5.84. The van der Waals surface area contributed by atoms with E-state index in [2.05, 4.69) is 48.9 Å². The van der Waals surface area contributed by atoms with E-state index < -0.39 is 0 Å². The maximum Gasteiger partial charge on any atom is 0.137 e. The third kappa shape index (κ3) is 6.53. The number of nitrogens with one attached hydrogen (secondary N) is 1. The Kier molecular flexibility index (Phi) is 6.48. The first-order chi connectivity index (χ1) is 8.80. The molecule has 0 aliphatic heterocycles. The summed E-state index contributed by atoms with van der Waals surface area (Å²) in [7, 11) is 0. The third-order valence-corrected chi connectivity index (χ3v) is 4.04. The number of benzene rings is 1. The fraction of sp³-hybridized carbons (Fsp3) is 0.625. The molecule has 1 aromatic rings. The van der Waals surface area contributed by atoms with Gasteiger partial charge in [0.25, 0.3) is 0 Å². The van der Waals surface area contributed by atoms with Gasteiger partial charge < -0.3 is 5.32 Å². The lowest BCUT2D eigenvalue weighted by molar-refractivity contribution is 0.298. The molecule has 0 amide bonds. The smallest absolute Gasteiger partial charge is 0.137 e. The van der Waals surface area contributed by atoms with Crippen molar-refractivity contribution in [2.45, 2.75) is 53.0 Å². The van der Waals surface area contributed by atoms with E-state index in [-0.39, 0.29) is 5.82 Å². The van der Waals surface area contributed by atoms with Gasteiger partial charge in [-0.25, -0.2) is 4.39 Å². The zero-order valence-corrected chi connectivity index (χ0v) is 14.0. The van der Waals surface area contributed by atoms with Crippen LogP contribution in [-0.2, 0) is 6.42 Å². The maximum atomic E-state index is 13.2. The van der Waals surface area contributed by atoms with Gasteiger partial charge in [-0.2, -0.15) is 0 Å². The zero-order chi connectivity index (χ0) is 14.5. The summed E-state index contributed by atoms with van der Waals surface area (Å²) in [6.45, 7) is 9.99. The second-order valence-corrected chi connectivity index (χ2v) is 7.13. The predicted octanol–water partition coefficient (Wildman–Crippen LogP) is 4.94. The van der Waals surface area contributed by atoms with Gasteiger partial charge in [0.05, 0.1) is 4.47 Å². The molecular formula is C16H25BrFN. The minimum atomic E-state index is -0.191. The quantitative estimate of drug-likeness (QED) is 0.747. The summed E-state index contributed by atoms with van der Waals surface area (Å²) in [5, 5.41) is 3.46. The largest absolute Gasteiger partial charge is 0.315 e. The first-order valence-corrected chi connectivity index (χ1v) is 7.77. The Morgan fingerprint density at radius 3 is 2.53 bits per heavy atom. The van der Waals surface area contributed by atoms with E-state index in [1.54, 1.807) is 0 Å². The summed E-state index contributed by atoms with van der Waals surface area (Å²) in [6.07, 6.45) is 3.27. The molecule has 0 saturated heterocycles. The van der Waals surface area contributed by atoms with E-state index in [1.165, 1.54) is 11.6 Å². The molecule has 0 unspecified atom stereocenters. The van der Waals surface area contributed by atoms with Crippen LogP contribution in [0.5, 0.6) is 0 Å². The lowest BCUT2D eigenvalue weighted by Crippen LogP contribution is -2.28. The molecule has 0 aliphatic carbocycles. The van der Waals surface area contributed by atoms with Gasteiger partial charge in [0.15, 0.2) is 0 Å². The van der Waals surface area contributed by atoms with Gasteiger partial charge in [0, 0.05) is 6.04 Å². The van der Waals surface area contributed by atoms with Crippen molar-refractivity contribution in [3.8, 4) is 0 Å². The molecule has 19 heavy (non-hydrogen) atoms. The van der Waals surface area contributed by atoms with E-state index in [9.17, 15) is 4.39 Å². The molecule has 0 fully saturated rings. The van der Waals surface area contributed by atoms with Gasteiger partial charge in [0.2, 0.25) is 0 Å². The van der Waals surface area contributed by atoms with Gasteiger partial charge >= 0.3 is 0 Å². The van der Waals surface area contributed by atoms with Crippen molar-refractivity contribution < 1.29 is 4.39 Å². The van der Waals surface area contributed by atoms with Crippen LogP contribution < -0.4 is 5.32 Å². The molecule has 1 nitrogen and oxygen atoms in total. The standard InChI is InChI=1S/C16H25BrFN/c1-12(2)19-10-9-16(3,4)8-7-13-5-6-15(18)14(17)11-13/h5-6,11-12,19H,7-10H2,1-4H3. The Bertz CT molecular complexity index is 402. The minimum Gasteiger partial charge on any atom is -0.315 e. The number of halogens is 2. The van der Waals surface area contributed by atoms with Gasteiger partial charge in [-0.15, -0.1) is 0 Å². The number of hydrogen-bond acceptors (Lipinski definition) is 1. The fourth-order valence-corrected chi connectivity index (χ4v) is 2.43. The Morgan fingerprint density at radius 1 is 1.26 bits per heavy atom. The summed E-state index contributed by atoms with van der Waals surface area (Å²) in [5.74, 6) is -0.191. The Hall–Kier alpha value is -0.410. The van der Waals surface area contributed by atoms with Crippen LogP contribution in [-0.4, -0.2) is 12.6 Å². The van der Waals surface area contributed by atoms with Gasteiger partial charge in [-0.1, -0.05) is 33.8 Å². The summed E-state index contributed by atoms with van der Waals surface area (Å²) >= 11 is 3.24. The first kappa shape index (κ1) is 16.6. The molecule has 0 bridgehead atoms. The molecule has 1 rings (SSSR count). The van der Waals surface area contributed by atoms with Crippen LogP contribution in [0.25, 0.3) is 0 Å². The summed E-state index contributed by atoms with van der Waals surface area (Å²) in [5.41, 5.74) is 1.50. The summed E-state index contributed by atoms with van der Waals surface area (Å²) in [4.78, 5) is 0. The normalized spacial score (nSPS) is 12.2.